The molecular weight excluding hydrogens is 545 g/mol. The molecule has 1 spiro atoms. The van der Waals surface area contributed by atoms with Crippen LogP contribution < -0.4 is 5.32 Å². The summed E-state index contributed by atoms with van der Waals surface area (Å²) >= 11 is 2.22. The van der Waals surface area contributed by atoms with Gasteiger partial charge in [0.1, 0.15) is 0 Å². The van der Waals surface area contributed by atoms with Crippen molar-refractivity contribution < 1.29 is 14.3 Å². The van der Waals surface area contributed by atoms with E-state index in [1.165, 1.54) is 0 Å². The molecule has 6 rings (SSSR count). The van der Waals surface area contributed by atoms with E-state index < -0.39 is 0 Å². The second-order valence-corrected chi connectivity index (χ2v) is 10.1. The number of nitrogens with zero attached hydrogens (tertiary/aromatic N) is 3. The number of carbonyl (C=O) groups is 1. The Bertz CT molecular complexity index is 1350. The molecule has 1 amide bonds. The molecule has 3 heterocycles. The summed E-state index contributed by atoms with van der Waals surface area (Å²) in [6.07, 6.45) is 3.74. The Balaban J connectivity index is 1.27. The molecule has 2 fully saturated rings. The van der Waals surface area contributed by atoms with Crippen molar-refractivity contribution in [2.24, 2.45) is 0 Å². The van der Waals surface area contributed by atoms with Crippen molar-refractivity contribution in [2.75, 3.05) is 13.2 Å². The minimum absolute atomic E-state index is 0.113. The summed E-state index contributed by atoms with van der Waals surface area (Å²) in [5.41, 5.74) is 4.75. The van der Waals surface area contributed by atoms with Gasteiger partial charge in [-0.2, -0.15) is 5.10 Å². The molecule has 1 saturated heterocycles. The van der Waals surface area contributed by atoms with E-state index >= 15 is 0 Å². The Morgan fingerprint density at radius 3 is 2.68 bits per heavy atom. The topological polar surface area (TPSA) is 94.1 Å². The molecule has 0 radical (unpaired) electrons. The lowest BCUT2D eigenvalue weighted by Gasteiger charge is -2.34. The minimum Gasteiger partial charge on any atom is -0.348 e. The predicted molar refractivity (Wildman–Crippen MR) is 137 cm³/mol. The van der Waals surface area contributed by atoms with E-state index in [0.29, 0.717) is 25.0 Å². The van der Waals surface area contributed by atoms with Gasteiger partial charge in [-0.25, -0.2) is 7.88 Å². The van der Waals surface area contributed by atoms with Gasteiger partial charge in [0.2, 0.25) is 0 Å². The standard InChI is InChI=1S/C25H26IN5O3/c1-15(16-5-3-2-4-6-16)27-24(32)23-28-19-13-18-21(14-20(19)29-23)31(26)30-22(18)17-7-9-25(10-8-17)33-11-12-34-25/h2-6,13-15,17H,7-12H2,1H3,(H,27,32)(H,28,29)/t15-/m1/s1. The molecule has 1 saturated carbocycles. The molecule has 2 N–H and O–H groups in total. The summed E-state index contributed by atoms with van der Waals surface area (Å²) in [5, 5.41) is 8.98. The SMILES string of the molecule is C[C@@H](NC(=O)c1nc2cc3c(C4CCC5(CC4)OCCO5)nn(I)c3cc2[nH]1)c1ccccc1. The Labute approximate surface area is 210 Å². The van der Waals surface area contributed by atoms with E-state index in [2.05, 4.69) is 44.2 Å². The number of H-pyrrole nitrogens is 1. The van der Waals surface area contributed by atoms with Gasteiger partial charge in [0.25, 0.3) is 5.91 Å². The minimum atomic E-state index is -0.381. The first-order valence-corrected chi connectivity index (χ1v) is 12.7. The van der Waals surface area contributed by atoms with Crippen molar-refractivity contribution in [1.82, 2.24) is 23.3 Å². The van der Waals surface area contributed by atoms with Crippen LogP contribution >= 0.6 is 22.9 Å². The normalized spacial score (nSPS) is 19.2. The summed E-state index contributed by atoms with van der Waals surface area (Å²) in [5.74, 6) is 0.0633. The maximum absolute atomic E-state index is 12.9. The first-order chi connectivity index (χ1) is 16.5. The van der Waals surface area contributed by atoms with Crippen LogP contribution in [-0.4, -0.2) is 42.9 Å². The van der Waals surface area contributed by atoms with Crippen molar-refractivity contribution in [2.45, 2.75) is 50.4 Å². The number of rotatable bonds is 4. The molecule has 2 aromatic heterocycles. The number of hydrogen-bond donors (Lipinski definition) is 2. The number of halogens is 1. The third-order valence-electron chi connectivity index (χ3n) is 7.08. The average Bonchev–Trinajstić information content (AvgIpc) is 3.57. The van der Waals surface area contributed by atoms with E-state index in [9.17, 15) is 4.79 Å². The number of ether oxygens (including phenoxy) is 2. The Morgan fingerprint density at radius 2 is 1.94 bits per heavy atom. The zero-order valence-corrected chi connectivity index (χ0v) is 21.0. The lowest BCUT2D eigenvalue weighted by atomic mass is 9.82. The number of aromatic nitrogens is 4. The van der Waals surface area contributed by atoms with Crippen LogP contribution in [0, 0.1) is 0 Å². The number of benzene rings is 2. The lowest BCUT2D eigenvalue weighted by molar-refractivity contribution is -0.178. The van der Waals surface area contributed by atoms with Crippen LogP contribution in [0.3, 0.4) is 0 Å². The fourth-order valence-electron chi connectivity index (χ4n) is 5.22. The first kappa shape index (κ1) is 22.0. The molecular formula is C25H26IN5O3. The largest absolute Gasteiger partial charge is 0.348 e. The van der Waals surface area contributed by atoms with Crippen LogP contribution in [0.25, 0.3) is 21.9 Å². The maximum atomic E-state index is 12.9. The fraction of sp³-hybridized carbons (Fsp3) is 0.400. The number of hydrogen-bond acceptors (Lipinski definition) is 5. The van der Waals surface area contributed by atoms with Gasteiger partial charge in [-0.05, 0) is 37.5 Å². The first-order valence-electron chi connectivity index (χ1n) is 11.7. The lowest BCUT2D eigenvalue weighted by Crippen LogP contribution is -2.34. The predicted octanol–water partition coefficient (Wildman–Crippen LogP) is 5.00. The number of imidazole rings is 1. The van der Waals surface area contributed by atoms with Gasteiger partial charge >= 0.3 is 0 Å². The highest BCUT2D eigenvalue weighted by Gasteiger charge is 2.41. The molecule has 1 aliphatic carbocycles. The fourth-order valence-corrected chi connectivity index (χ4v) is 5.85. The van der Waals surface area contributed by atoms with Gasteiger partial charge in [-0.3, -0.25) is 4.79 Å². The molecule has 0 unspecified atom stereocenters. The van der Waals surface area contributed by atoms with Gasteiger partial charge in [-0.1, -0.05) is 30.3 Å². The van der Waals surface area contributed by atoms with Gasteiger partial charge in [0.05, 0.1) is 64.4 Å². The summed E-state index contributed by atoms with van der Waals surface area (Å²) in [7, 11) is 0. The maximum Gasteiger partial charge on any atom is 0.287 e. The van der Waals surface area contributed by atoms with Crippen LogP contribution in [-0.2, 0) is 9.47 Å². The molecule has 1 atom stereocenters. The third kappa shape index (κ3) is 3.89. The quantitative estimate of drug-likeness (QED) is 0.337. The van der Waals surface area contributed by atoms with Gasteiger partial charge in [0, 0.05) is 24.1 Å². The van der Waals surface area contributed by atoms with E-state index in [-0.39, 0.29) is 17.7 Å². The van der Waals surface area contributed by atoms with Crippen molar-refractivity contribution in [3.63, 3.8) is 0 Å². The highest BCUT2D eigenvalue weighted by molar-refractivity contribution is 14.1. The molecule has 0 bridgehead atoms. The van der Waals surface area contributed by atoms with Crippen LogP contribution in [0.4, 0.5) is 0 Å². The molecule has 9 heteroatoms. The molecule has 1 aliphatic heterocycles. The molecule has 2 aromatic carbocycles. The van der Waals surface area contributed by atoms with Crippen molar-refractivity contribution in [1.29, 1.82) is 0 Å². The summed E-state index contributed by atoms with van der Waals surface area (Å²) in [4.78, 5) is 20.7. The van der Waals surface area contributed by atoms with E-state index in [4.69, 9.17) is 14.6 Å². The highest BCUT2D eigenvalue weighted by atomic mass is 127. The smallest absolute Gasteiger partial charge is 0.287 e. The summed E-state index contributed by atoms with van der Waals surface area (Å²) in [6.45, 7) is 3.34. The molecule has 2 aliphatic rings. The van der Waals surface area contributed by atoms with Crippen molar-refractivity contribution in [3.05, 3.63) is 59.5 Å². The summed E-state index contributed by atoms with van der Waals surface area (Å²) in [6, 6.07) is 13.9. The second kappa shape index (κ2) is 8.62. The van der Waals surface area contributed by atoms with Gasteiger partial charge in [0.15, 0.2) is 11.6 Å². The number of fused-ring (bicyclic) bond motifs is 2. The number of amides is 1. The number of carbonyl (C=O) groups excluding carboxylic acids is 1. The molecule has 8 nitrogen and oxygen atoms in total. The molecule has 34 heavy (non-hydrogen) atoms. The number of aromatic amines is 1. The monoisotopic (exact) mass is 571 g/mol. The van der Waals surface area contributed by atoms with Gasteiger partial charge in [-0.15, -0.1) is 0 Å². The van der Waals surface area contributed by atoms with Crippen LogP contribution in [0.1, 0.15) is 66.4 Å². The second-order valence-electron chi connectivity index (χ2n) is 9.20. The molecule has 4 aromatic rings. The van der Waals surface area contributed by atoms with Crippen LogP contribution in [0.15, 0.2) is 42.5 Å². The Hall–Kier alpha value is -2.50. The Kier molecular flexibility index (Phi) is 5.57. The van der Waals surface area contributed by atoms with Gasteiger partial charge < -0.3 is 19.8 Å². The van der Waals surface area contributed by atoms with Crippen molar-refractivity contribution in [3.8, 4) is 0 Å². The number of nitrogens with one attached hydrogen (secondary N) is 2. The van der Waals surface area contributed by atoms with E-state index in [1.807, 2.05) is 46.2 Å². The average molecular weight is 571 g/mol. The molecule has 176 valence electrons. The van der Waals surface area contributed by atoms with Crippen molar-refractivity contribution >= 4 is 50.7 Å². The zero-order valence-electron chi connectivity index (χ0n) is 18.9. The zero-order chi connectivity index (χ0) is 23.3. The third-order valence-corrected chi connectivity index (χ3v) is 7.82. The highest BCUT2D eigenvalue weighted by Crippen LogP contribution is 2.44. The van der Waals surface area contributed by atoms with E-state index in [1.54, 1.807) is 0 Å². The Morgan fingerprint density at radius 1 is 1.21 bits per heavy atom. The van der Waals surface area contributed by atoms with Crippen LogP contribution in [0.5, 0.6) is 0 Å². The van der Waals surface area contributed by atoms with Crippen LogP contribution in [0.2, 0.25) is 0 Å². The summed E-state index contributed by atoms with van der Waals surface area (Å²) < 4.78 is 13.7. The van der Waals surface area contributed by atoms with E-state index in [0.717, 1.165) is 58.9 Å².